The predicted octanol–water partition coefficient (Wildman–Crippen LogP) is 4.52. The Morgan fingerprint density at radius 2 is 1.62 bits per heavy atom. The van der Waals surface area contributed by atoms with E-state index in [0.717, 1.165) is 32.6 Å². The minimum absolute atomic E-state index is 0.402. The van der Waals surface area contributed by atoms with Crippen molar-refractivity contribution in [3.63, 3.8) is 0 Å². The summed E-state index contributed by atoms with van der Waals surface area (Å²) in [6, 6.07) is 20.4. The minimum Gasteiger partial charge on any atom is -0.314 e. The molecule has 0 saturated carbocycles. The van der Waals surface area contributed by atoms with E-state index in [1.165, 1.54) is 27.1 Å². The zero-order chi connectivity index (χ0) is 16.4. The van der Waals surface area contributed by atoms with Crippen molar-refractivity contribution in [1.29, 1.82) is 0 Å². The molecule has 2 heteroatoms. The number of hydrogen-bond donors (Lipinski definition) is 1. The molecular formula is C22H24N2. The summed E-state index contributed by atoms with van der Waals surface area (Å²) in [6.45, 7) is 8.35. The van der Waals surface area contributed by atoms with Crippen LogP contribution < -0.4 is 5.32 Å². The van der Waals surface area contributed by atoms with Crippen LogP contribution in [-0.2, 0) is 0 Å². The summed E-state index contributed by atoms with van der Waals surface area (Å²) in [5.41, 5.74) is 1.44. The van der Waals surface area contributed by atoms with Gasteiger partial charge in [0.05, 0.1) is 0 Å². The van der Waals surface area contributed by atoms with Crippen LogP contribution in [0.25, 0.3) is 21.5 Å². The molecule has 3 aromatic carbocycles. The van der Waals surface area contributed by atoms with E-state index in [1.807, 2.05) is 0 Å². The van der Waals surface area contributed by atoms with E-state index < -0.39 is 0 Å². The third-order valence-corrected chi connectivity index (χ3v) is 5.14. The Morgan fingerprint density at radius 1 is 0.958 bits per heavy atom. The van der Waals surface area contributed by atoms with Gasteiger partial charge in [0.2, 0.25) is 0 Å². The fourth-order valence-electron chi connectivity index (χ4n) is 3.98. The van der Waals surface area contributed by atoms with Gasteiger partial charge in [0.1, 0.15) is 0 Å². The van der Waals surface area contributed by atoms with Crippen LogP contribution in [0.4, 0.5) is 0 Å². The number of benzene rings is 3. The number of hydrogen-bond acceptors (Lipinski definition) is 2. The largest absolute Gasteiger partial charge is 0.314 e. The molecule has 1 aliphatic heterocycles. The molecule has 0 radical (unpaired) electrons. The van der Waals surface area contributed by atoms with Crippen LogP contribution in [0.3, 0.4) is 0 Å². The van der Waals surface area contributed by atoms with Crippen molar-refractivity contribution in [1.82, 2.24) is 10.2 Å². The van der Waals surface area contributed by atoms with Gasteiger partial charge in [-0.2, -0.15) is 0 Å². The van der Waals surface area contributed by atoms with Crippen LogP contribution >= 0.6 is 0 Å². The Bertz CT molecular complexity index is 862. The molecule has 2 nitrogen and oxygen atoms in total. The lowest BCUT2D eigenvalue weighted by molar-refractivity contribution is 0.175. The first kappa shape index (κ1) is 15.4. The molecule has 1 fully saturated rings. The quantitative estimate of drug-likeness (QED) is 0.562. The molecule has 24 heavy (non-hydrogen) atoms. The van der Waals surface area contributed by atoms with Crippen molar-refractivity contribution in [2.24, 2.45) is 0 Å². The van der Waals surface area contributed by atoms with Gasteiger partial charge in [0, 0.05) is 32.2 Å². The molecule has 1 saturated heterocycles. The second kappa shape index (κ2) is 6.76. The van der Waals surface area contributed by atoms with Gasteiger partial charge in [-0.05, 0) is 39.6 Å². The minimum atomic E-state index is 0.402. The highest BCUT2D eigenvalue weighted by atomic mass is 15.2. The highest BCUT2D eigenvalue weighted by Crippen LogP contribution is 2.35. The van der Waals surface area contributed by atoms with E-state index in [9.17, 15) is 0 Å². The maximum absolute atomic E-state index is 4.02. The number of rotatable bonds is 4. The lowest BCUT2D eigenvalue weighted by Crippen LogP contribution is -2.45. The predicted molar refractivity (Wildman–Crippen MR) is 103 cm³/mol. The van der Waals surface area contributed by atoms with E-state index in [0.29, 0.717) is 6.04 Å². The monoisotopic (exact) mass is 316 g/mol. The molecule has 1 atom stereocenters. The molecule has 0 aromatic heterocycles. The first-order valence-electron chi connectivity index (χ1n) is 8.84. The Morgan fingerprint density at radius 3 is 2.38 bits per heavy atom. The molecule has 3 aromatic rings. The molecule has 4 rings (SSSR count). The first-order valence-corrected chi connectivity index (χ1v) is 8.84. The van der Waals surface area contributed by atoms with Crippen molar-refractivity contribution < 1.29 is 0 Å². The average Bonchev–Trinajstić information content (AvgIpc) is 2.66. The van der Waals surface area contributed by atoms with Gasteiger partial charge < -0.3 is 5.32 Å². The van der Waals surface area contributed by atoms with E-state index >= 15 is 0 Å². The highest BCUT2D eigenvalue weighted by Gasteiger charge is 2.23. The third kappa shape index (κ3) is 2.72. The fourth-order valence-corrected chi connectivity index (χ4v) is 3.98. The van der Waals surface area contributed by atoms with Gasteiger partial charge in [-0.1, -0.05) is 54.6 Å². The van der Waals surface area contributed by atoms with Crippen LogP contribution in [0.15, 0.2) is 67.3 Å². The van der Waals surface area contributed by atoms with Crippen LogP contribution in [0, 0.1) is 0 Å². The van der Waals surface area contributed by atoms with Gasteiger partial charge in [0.15, 0.2) is 0 Å². The second-order valence-corrected chi connectivity index (χ2v) is 6.56. The molecule has 1 heterocycles. The van der Waals surface area contributed by atoms with Crippen molar-refractivity contribution in [3.8, 4) is 0 Å². The van der Waals surface area contributed by atoms with Crippen LogP contribution in [0.2, 0.25) is 0 Å². The van der Waals surface area contributed by atoms with Gasteiger partial charge in [-0.3, -0.25) is 4.90 Å². The summed E-state index contributed by atoms with van der Waals surface area (Å²) in [4.78, 5) is 2.61. The number of piperazine rings is 1. The number of nitrogens with zero attached hydrogens (tertiary/aromatic N) is 1. The molecule has 0 unspecified atom stereocenters. The summed E-state index contributed by atoms with van der Waals surface area (Å²) in [5, 5.41) is 8.87. The topological polar surface area (TPSA) is 15.3 Å². The summed E-state index contributed by atoms with van der Waals surface area (Å²) in [6.07, 6.45) is 3.05. The van der Waals surface area contributed by atoms with E-state index in [4.69, 9.17) is 0 Å². The van der Waals surface area contributed by atoms with Crippen molar-refractivity contribution >= 4 is 21.5 Å². The molecule has 0 amide bonds. The number of nitrogens with one attached hydrogen (secondary N) is 1. The fraction of sp³-hybridized carbons (Fsp3) is 0.273. The first-order chi connectivity index (χ1) is 11.9. The molecule has 0 aliphatic carbocycles. The standard InChI is InChI=1S/C22H24N2/c1-2-7-22(24-14-12-23-13-15-24)21-16-17-8-3-4-9-18(17)19-10-5-6-11-20(19)21/h2-6,8-11,16,22-23H,1,7,12-15H2/t22-/m1/s1. The molecule has 1 aliphatic rings. The highest BCUT2D eigenvalue weighted by molar-refractivity contribution is 6.09. The zero-order valence-electron chi connectivity index (χ0n) is 14.0. The van der Waals surface area contributed by atoms with Gasteiger partial charge in [-0.25, -0.2) is 0 Å². The Kier molecular flexibility index (Phi) is 4.33. The zero-order valence-corrected chi connectivity index (χ0v) is 14.0. The Labute approximate surface area is 143 Å². The molecular weight excluding hydrogens is 292 g/mol. The van der Waals surface area contributed by atoms with Crippen molar-refractivity contribution in [2.45, 2.75) is 12.5 Å². The molecule has 122 valence electrons. The van der Waals surface area contributed by atoms with Gasteiger partial charge in [-0.15, -0.1) is 6.58 Å². The Hall–Kier alpha value is -2.16. The van der Waals surface area contributed by atoms with Crippen molar-refractivity contribution in [2.75, 3.05) is 26.2 Å². The molecule has 0 spiro atoms. The summed E-state index contributed by atoms with van der Waals surface area (Å²) in [7, 11) is 0. The molecule has 0 bridgehead atoms. The Balaban J connectivity index is 1.93. The van der Waals surface area contributed by atoms with E-state index in [1.54, 1.807) is 0 Å². The maximum atomic E-state index is 4.02. The normalized spacial score (nSPS) is 17.2. The van der Waals surface area contributed by atoms with Gasteiger partial charge >= 0.3 is 0 Å². The smallest absolute Gasteiger partial charge is 0.0389 e. The summed E-state index contributed by atoms with van der Waals surface area (Å²) < 4.78 is 0. The second-order valence-electron chi connectivity index (χ2n) is 6.56. The average molecular weight is 316 g/mol. The summed E-state index contributed by atoms with van der Waals surface area (Å²) in [5.74, 6) is 0. The van der Waals surface area contributed by atoms with Crippen molar-refractivity contribution in [3.05, 3.63) is 72.8 Å². The number of fused-ring (bicyclic) bond motifs is 3. The van der Waals surface area contributed by atoms with Gasteiger partial charge in [0.25, 0.3) is 0 Å². The maximum Gasteiger partial charge on any atom is 0.0389 e. The third-order valence-electron chi connectivity index (χ3n) is 5.14. The lowest BCUT2D eigenvalue weighted by Gasteiger charge is -2.35. The van der Waals surface area contributed by atoms with E-state index in [2.05, 4.69) is 77.5 Å². The molecule has 1 N–H and O–H groups in total. The van der Waals surface area contributed by atoms with Crippen LogP contribution in [-0.4, -0.2) is 31.1 Å². The lowest BCUT2D eigenvalue weighted by atomic mass is 9.91. The van der Waals surface area contributed by atoms with Crippen LogP contribution in [0.1, 0.15) is 18.0 Å². The van der Waals surface area contributed by atoms with Crippen LogP contribution in [0.5, 0.6) is 0 Å². The SMILES string of the molecule is C=CC[C@H](c1cc2ccccc2c2ccccc12)N1CCNCC1. The summed E-state index contributed by atoms with van der Waals surface area (Å²) >= 11 is 0. The van der Waals surface area contributed by atoms with E-state index in [-0.39, 0.29) is 0 Å².